The lowest BCUT2D eigenvalue weighted by atomic mass is 10.3. The normalized spacial score (nSPS) is 11.4. The molecule has 7 nitrogen and oxygen atoms in total. The second-order valence-corrected chi connectivity index (χ2v) is 6.26. The van der Waals surface area contributed by atoms with Gasteiger partial charge in [-0.2, -0.15) is 5.10 Å². The van der Waals surface area contributed by atoms with Gasteiger partial charge >= 0.3 is 0 Å². The van der Waals surface area contributed by atoms with Gasteiger partial charge in [0.25, 0.3) is 10.0 Å². The van der Waals surface area contributed by atoms with Gasteiger partial charge in [-0.25, -0.2) is 8.42 Å². The van der Waals surface area contributed by atoms with Crippen LogP contribution in [-0.4, -0.2) is 30.8 Å². The third kappa shape index (κ3) is 3.12. The summed E-state index contributed by atoms with van der Waals surface area (Å²) in [5, 5.41) is 15.7. The van der Waals surface area contributed by atoms with E-state index in [1.165, 1.54) is 19.2 Å². The number of anilines is 1. The molecule has 2 rings (SSSR count). The van der Waals surface area contributed by atoms with Crippen molar-refractivity contribution in [2.75, 3.05) is 11.8 Å². The minimum absolute atomic E-state index is 0.0552. The molecule has 21 heavy (non-hydrogen) atoms. The fourth-order valence-corrected chi connectivity index (χ4v) is 3.54. The molecule has 0 radical (unpaired) electrons. The highest BCUT2D eigenvalue weighted by atomic mass is 35.5. The fourth-order valence-electron chi connectivity index (χ4n) is 1.87. The van der Waals surface area contributed by atoms with E-state index in [9.17, 15) is 8.42 Å². The molecular formula is C12H14ClN3O4S. The zero-order valence-corrected chi connectivity index (χ0v) is 12.9. The number of halogens is 1. The number of sulfonamides is 1. The van der Waals surface area contributed by atoms with Crippen molar-refractivity contribution in [2.45, 2.75) is 18.4 Å². The lowest BCUT2D eigenvalue weighted by molar-refractivity contribution is 0.273. The fraction of sp³-hybridized carbons (Fsp3) is 0.250. The molecule has 0 saturated carbocycles. The van der Waals surface area contributed by atoms with Gasteiger partial charge in [-0.1, -0.05) is 11.6 Å². The predicted molar refractivity (Wildman–Crippen MR) is 78.1 cm³/mol. The molecule has 1 aromatic carbocycles. The zero-order valence-electron chi connectivity index (χ0n) is 11.3. The number of rotatable bonds is 5. The molecular weight excluding hydrogens is 318 g/mol. The molecule has 0 bridgehead atoms. The van der Waals surface area contributed by atoms with E-state index in [2.05, 4.69) is 14.9 Å². The average molecular weight is 332 g/mol. The lowest BCUT2D eigenvalue weighted by Gasteiger charge is -2.10. The standard InChI is InChI=1S/C12H14ClN3O4S/c1-7-12(10(6-17)15-14-7)21(18,19)16-8-3-4-11(20-2)9(13)5-8/h3-5,16-17H,6H2,1-2H3,(H,14,15). The number of methoxy groups -OCH3 is 1. The van der Waals surface area contributed by atoms with Crippen molar-refractivity contribution in [2.24, 2.45) is 0 Å². The van der Waals surface area contributed by atoms with Gasteiger partial charge in [0, 0.05) is 0 Å². The Kier molecular flexibility index (Phi) is 4.40. The van der Waals surface area contributed by atoms with Crippen molar-refractivity contribution in [3.63, 3.8) is 0 Å². The summed E-state index contributed by atoms with van der Waals surface area (Å²) in [4.78, 5) is -0.0723. The summed E-state index contributed by atoms with van der Waals surface area (Å²) in [6, 6.07) is 4.51. The van der Waals surface area contributed by atoms with Crippen molar-refractivity contribution >= 4 is 27.3 Å². The van der Waals surface area contributed by atoms with Crippen LogP contribution in [0, 0.1) is 6.92 Å². The van der Waals surface area contributed by atoms with E-state index in [1.807, 2.05) is 0 Å². The highest BCUT2D eigenvalue weighted by molar-refractivity contribution is 7.92. The number of ether oxygens (including phenoxy) is 1. The maximum atomic E-state index is 12.4. The molecule has 2 aromatic rings. The van der Waals surface area contributed by atoms with Gasteiger partial charge in [0.15, 0.2) is 0 Å². The summed E-state index contributed by atoms with van der Waals surface area (Å²) < 4.78 is 32.1. The first kappa shape index (κ1) is 15.6. The summed E-state index contributed by atoms with van der Waals surface area (Å²) in [7, 11) is -2.42. The Labute approximate surface area is 127 Å². The molecule has 0 aliphatic rings. The number of aliphatic hydroxyl groups excluding tert-OH is 1. The molecule has 0 aliphatic heterocycles. The monoisotopic (exact) mass is 331 g/mol. The van der Waals surface area contributed by atoms with Crippen molar-refractivity contribution in [1.82, 2.24) is 10.2 Å². The Morgan fingerprint density at radius 2 is 2.19 bits per heavy atom. The summed E-state index contributed by atoms with van der Waals surface area (Å²) >= 11 is 5.95. The number of H-pyrrole nitrogens is 1. The first-order chi connectivity index (χ1) is 9.89. The van der Waals surface area contributed by atoms with Crippen LogP contribution in [-0.2, 0) is 16.6 Å². The van der Waals surface area contributed by atoms with Crippen LogP contribution in [0.3, 0.4) is 0 Å². The molecule has 0 fully saturated rings. The average Bonchev–Trinajstić information content (AvgIpc) is 2.80. The van der Waals surface area contributed by atoms with Gasteiger partial charge in [-0.15, -0.1) is 0 Å². The molecule has 0 atom stereocenters. The van der Waals surface area contributed by atoms with Crippen LogP contribution >= 0.6 is 11.6 Å². The number of hydrogen-bond donors (Lipinski definition) is 3. The molecule has 0 unspecified atom stereocenters. The van der Waals surface area contributed by atoms with Gasteiger partial charge < -0.3 is 9.84 Å². The topological polar surface area (TPSA) is 104 Å². The van der Waals surface area contributed by atoms with Gasteiger partial charge in [0.1, 0.15) is 16.3 Å². The number of benzene rings is 1. The summed E-state index contributed by atoms with van der Waals surface area (Å²) in [6.45, 7) is 1.08. The second kappa shape index (κ2) is 5.92. The Morgan fingerprint density at radius 3 is 2.76 bits per heavy atom. The van der Waals surface area contributed by atoms with E-state index in [0.717, 1.165) is 0 Å². The van der Waals surface area contributed by atoms with Crippen LogP contribution in [0.2, 0.25) is 5.02 Å². The number of aryl methyl sites for hydroxylation is 1. The minimum Gasteiger partial charge on any atom is -0.495 e. The van der Waals surface area contributed by atoms with Gasteiger partial charge in [-0.05, 0) is 25.1 Å². The molecule has 1 heterocycles. The van der Waals surface area contributed by atoms with E-state index >= 15 is 0 Å². The number of nitrogens with one attached hydrogen (secondary N) is 2. The van der Waals surface area contributed by atoms with Crippen molar-refractivity contribution < 1.29 is 18.3 Å². The van der Waals surface area contributed by atoms with E-state index in [-0.39, 0.29) is 21.3 Å². The number of hydrogen-bond acceptors (Lipinski definition) is 5. The molecule has 114 valence electrons. The van der Waals surface area contributed by atoms with E-state index in [4.69, 9.17) is 21.4 Å². The molecule has 0 aliphatic carbocycles. The second-order valence-electron chi connectivity index (χ2n) is 4.24. The lowest BCUT2D eigenvalue weighted by Crippen LogP contribution is -2.15. The SMILES string of the molecule is COc1ccc(NS(=O)(=O)c2c(CO)n[nH]c2C)cc1Cl. The van der Waals surface area contributed by atoms with Crippen molar-refractivity contribution in [1.29, 1.82) is 0 Å². The maximum absolute atomic E-state index is 12.4. The Hall–Kier alpha value is -1.77. The quantitative estimate of drug-likeness (QED) is 0.773. The summed E-state index contributed by atoms with van der Waals surface area (Å²) in [5.74, 6) is 0.440. The van der Waals surface area contributed by atoms with Crippen LogP contribution in [0.1, 0.15) is 11.4 Å². The third-order valence-electron chi connectivity index (χ3n) is 2.78. The largest absolute Gasteiger partial charge is 0.495 e. The first-order valence-corrected chi connectivity index (χ1v) is 7.76. The number of aromatic amines is 1. The Morgan fingerprint density at radius 1 is 1.48 bits per heavy atom. The van der Waals surface area contributed by atoms with Crippen LogP contribution in [0.5, 0.6) is 5.75 Å². The minimum atomic E-state index is -3.88. The van der Waals surface area contributed by atoms with Crippen LogP contribution in [0.15, 0.2) is 23.1 Å². The van der Waals surface area contributed by atoms with Crippen molar-refractivity contribution in [3.8, 4) is 5.75 Å². The molecule has 1 aromatic heterocycles. The molecule has 9 heteroatoms. The van der Waals surface area contributed by atoms with Crippen LogP contribution in [0.25, 0.3) is 0 Å². The van der Waals surface area contributed by atoms with Gasteiger partial charge in [0.2, 0.25) is 0 Å². The number of aliphatic hydroxyl groups is 1. The van der Waals surface area contributed by atoms with Crippen LogP contribution in [0.4, 0.5) is 5.69 Å². The molecule has 0 spiro atoms. The highest BCUT2D eigenvalue weighted by Crippen LogP contribution is 2.29. The zero-order chi connectivity index (χ0) is 15.6. The van der Waals surface area contributed by atoms with E-state index in [0.29, 0.717) is 11.4 Å². The van der Waals surface area contributed by atoms with Crippen molar-refractivity contribution in [3.05, 3.63) is 34.6 Å². The Bertz CT molecular complexity index is 758. The van der Waals surface area contributed by atoms with E-state index in [1.54, 1.807) is 13.0 Å². The highest BCUT2D eigenvalue weighted by Gasteiger charge is 2.24. The predicted octanol–water partition coefficient (Wildman–Crippen LogP) is 1.67. The third-order valence-corrected chi connectivity index (χ3v) is 4.66. The van der Waals surface area contributed by atoms with E-state index < -0.39 is 16.6 Å². The summed E-state index contributed by atoms with van der Waals surface area (Å²) in [5.41, 5.74) is 0.677. The smallest absolute Gasteiger partial charge is 0.265 e. The van der Waals surface area contributed by atoms with Gasteiger partial charge in [-0.3, -0.25) is 9.82 Å². The van der Waals surface area contributed by atoms with Crippen LogP contribution < -0.4 is 9.46 Å². The molecule has 3 N–H and O–H groups in total. The Balaban J connectivity index is 2.37. The van der Waals surface area contributed by atoms with Gasteiger partial charge in [0.05, 0.1) is 30.1 Å². The number of aromatic nitrogens is 2. The number of nitrogens with zero attached hydrogens (tertiary/aromatic N) is 1. The first-order valence-electron chi connectivity index (χ1n) is 5.90. The molecule has 0 saturated heterocycles. The summed E-state index contributed by atoms with van der Waals surface area (Å²) in [6.07, 6.45) is 0. The molecule has 0 amide bonds. The maximum Gasteiger partial charge on any atom is 0.265 e.